The molecule has 8 heteroatoms. The number of para-hydroxylation sites is 1. The number of carboxylic acid groups (broad SMARTS) is 1. The van der Waals surface area contributed by atoms with Gasteiger partial charge in [0.15, 0.2) is 0 Å². The smallest absolute Gasteiger partial charge is 0.345 e. The lowest BCUT2D eigenvalue weighted by molar-refractivity contribution is 0.0702. The Bertz CT molecular complexity index is 791. The number of rotatable bonds is 4. The number of benzene rings is 1. The van der Waals surface area contributed by atoms with Crippen molar-refractivity contribution in [3.8, 4) is 0 Å². The first kappa shape index (κ1) is 15.5. The first-order valence-corrected chi connectivity index (χ1v) is 8.14. The van der Waals surface area contributed by atoms with Gasteiger partial charge in [-0.15, -0.1) is 11.3 Å². The molecule has 0 unspecified atom stereocenters. The Morgan fingerprint density at radius 2 is 2.00 bits per heavy atom. The van der Waals surface area contributed by atoms with Crippen LogP contribution in [0.5, 0.6) is 0 Å². The predicted molar refractivity (Wildman–Crippen MR) is 78.0 cm³/mol. The maximum atomic E-state index is 13.7. The largest absolute Gasteiger partial charge is 0.477 e. The third kappa shape index (κ3) is 3.06. The van der Waals surface area contributed by atoms with Crippen LogP contribution in [0.2, 0.25) is 0 Å². The number of aryl methyl sites for hydroxylation is 2. The summed E-state index contributed by atoms with van der Waals surface area (Å²) in [5.41, 5.74) is 0.296. The van der Waals surface area contributed by atoms with Crippen molar-refractivity contribution >= 4 is 33.0 Å². The minimum absolute atomic E-state index is 0.0851. The average Bonchev–Trinajstić information content (AvgIpc) is 2.77. The van der Waals surface area contributed by atoms with Gasteiger partial charge in [0.25, 0.3) is 10.0 Å². The van der Waals surface area contributed by atoms with Gasteiger partial charge in [-0.2, -0.15) is 0 Å². The van der Waals surface area contributed by atoms with Gasteiger partial charge in [-0.1, -0.05) is 12.1 Å². The van der Waals surface area contributed by atoms with Crippen molar-refractivity contribution < 1.29 is 22.7 Å². The molecule has 0 radical (unpaired) electrons. The molecule has 1 heterocycles. The van der Waals surface area contributed by atoms with E-state index in [1.54, 1.807) is 13.0 Å². The maximum absolute atomic E-state index is 13.7. The molecule has 2 N–H and O–H groups in total. The highest BCUT2D eigenvalue weighted by molar-refractivity contribution is 7.93. The number of nitrogens with one attached hydrogen (secondary N) is 1. The molecule has 2 rings (SSSR count). The van der Waals surface area contributed by atoms with Crippen LogP contribution >= 0.6 is 11.3 Å². The SMILES string of the molecule is Cc1cccc(F)c1NS(=O)(=O)c1cc(C(=O)O)sc1C. The molecule has 112 valence electrons. The number of anilines is 1. The number of thiophene rings is 1. The lowest BCUT2D eigenvalue weighted by atomic mass is 10.2. The Kier molecular flexibility index (Phi) is 4.02. The Hall–Kier alpha value is -1.93. The number of hydrogen-bond donors (Lipinski definition) is 2. The molecule has 0 saturated heterocycles. The summed E-state index contributed by atoms with van der Waals surface area (Å²) in [6, 6.07) is 5.26. The molecular formula is C13H12FNO4S2. The fourth-order valence-electron chi connectivity index (χ4n) is 1.79. The van der Waals surface area contributed by atoms with Crippen LogP contribution in [0.4, 0.5) is 10.1 Å². The van der Waals surface area contributed by atoms with E-state index in [4.69, 9.17) is 5.11 Å². The van der Waals surface area contributed by atoms with Gasteiger partial charge in [-0.05, 0) is 31.5 Å². The zero-order valence-electron chi connectivity index (χ0n) is 11.2. The highest BCUT2D eigenvalue weighted by Gasteiger charge is 2.23. The Morgan fingerprint density at radius 3 is 2.52 bits per heavy atom. The van der Waals surface area contributed by atoms with Crippen LogP contribution in [-0.2, 0) is 10.0 Å². The fourth-order valence-corrected chi connectivity index (χ4v) is 4.36. The molecule has 0 atom stereocenters. The van der Waals surface area contributed by atoms with Crippen molar-refractivity contribution in [1.29, 1.82) is 0 Å². The van der Waals surface area contributed by atoms with Crippen molar-refractivity contribution in [2.75, 3.05) is 4.72 Å². The van der Waals surface area contributed by atoms with Gasteiger partial charge in [0, 0.05) is 4.88 Å². The van der Waals surface area contributed by atoms with Crippen LogP contribution in [0.25, 0.3) is 0 Å². The highest BCUT2D eigenvalue weighted by Crippen LogP contribution is 2.29. The second kappa shape index (κ2) is 5.45. The number of carboxylic acids is 1. The summed E-state index contributed by atoms with van der Waals surface area (Å²) in [6.45, 7) is 3.07. The van der Waals surface area contributed by atoms with Crippen LogP contribution in [0.3, 0.4) is 0 Å². The van der Waals surface area contributed by atoms with Gasteiger partial charge in [0.2, 0.25) is 0 Å². The van der Waals surface area contributed by atoms with E-state index in [-0.39, 0.29) is 15.5 Å². The van der Waals surface area contributed by atoms with Gasteiger partial charge in [-0.3, -0.25) is 4.72 Å². The second-order valence-corrected chi connectivity index (χ2v) is 7.28. The molecule has 0 aliphatic rings. The Balaban J connectivity index is 2.46. The predicted octanol–water partition coefficient (Wildman–Crippen LogP) is 3.00. The summed E-state index contributed by atoms with van der Waals surface area (Å²) in [6.07, 6.45) is 0. The first-order chi connectivity index (χ1) is 9.72. The molecule has 21 heavy (non-hydrogen) atoms. The quantitative estimate of drug-likeness (QED) is 0.903. The molecule has 0 aliphatic heterocycles. The minimum Gasteiger partial charge on any atom is -0.477 e. The van der Waals surface area contributed by atoms with E-state index in [0.717, 1.165) is 23.5 Å². The normalized spacial score (nSPS) is 11.4. The van der Waals surface area contributed by atoms with E-state index in [1.165, 1.54) is 13.0 Å². The monoisotopic (exact) mass is 329 g/mol. The van der Waals surface area contributed by atoms with E-state index < -0.39 is 21.8 Å². The second-order valence-electron chi connectivity index (χ2n) is 4.37. The molecule has 0 fully saturated rings. The van der Waals surface area contributed by atoms with Crippen LogP contribution in [0.15, 0.2) is 29.2 Å². The number of carbonyl (C=O) groups is 1. The van der Waals surface area contributed by atoms with Gasteiger partial charge < -0.3 is 5.11 Å². The molecule has 5 nitrogen and oxygen atoms in total. The Labute approximate surface area is 125 Å². The van der Waals surface area contributed by atoms with Crippen LogP contribution < -0.4 is 4.72 Å². The molecule has 0 spiro atoms. The number of halogens is 1. The van der Waals surface area contributed by atoms with Crippen LogP contribution in [0, 0.1) is 19.7 Å². The standard InChI is InChI=1S/C13H12FNO4S2/c1-7-4-3-5-9(14)12(7)15-21(18,19)11-6-10(13(16)17)20-8(11)2/h3-6,15H,1-2H3,(H,16,17). The van der Waals surface area contributed by atoms with E-state index in [1.807, 2.05) is 0 Å². The molecule has 0 aliphatic carbocycles. The zero-order valence-corrected chi connectivity index (χ0v) is 12.8. The van der Waals surface area contributed by atoms with E-state index in [9.17, 15) is 17.6 Å². The van der Waals surface area contributed by atoms with Crippen molar-refractivity contribution in [1.82, 2.24) is 0 Å². The summed E-state index contributed by atoms with van der Waals surface area (Å²) in [5.74, 6) is -1.89. The summed E-state index contributed by atoms with van der Waals surface area (Å²) in [7, 11) is -4.04. The lowest BCUT2D eigenvalue weighted by Gasteiger charge is -2.11. The minimum atomic E-state index is -4.04. The number of sulfonamides is 1. The molecule has 1 aromatic heterocycles. The third-order valence-electron chi connectivity index (χ3n) is 2.83. The Morgan fingerprint density at radius 1 is 1.33 bits per heavy atom. The van der Waals surface area contributed by atoms with E-state index in [0.29, 0.717) is 10.4 Å². The fraction of sp³-hybridized carbons (Fsp3) is 0.154. The van der Waals surface area contributed by atoms with Crippen LogP contribution in [0.1, 0.15) is 20.1 Å². The molecule has 1 aromatic carbocycles. The van der Waals surface area contributed by atoms with Crippen molar-refractivity contribution in [3.63, 3.8) is 0 Å². The average molecular weight is 329 g/mol. The summed E-state index contributed by atoms with van der Waals surface area (Å²) >= 11 is 0.856. The van der Waals surface area contributed by atoms with Gasteiger partial charge >= 0.3 is 5.97 Å². The van der Waals surface area contributed by atoms with E-state index >= 15 is 0 Å². The molecule has 0 bridgehead atoms. The topological polar surface area (TPSA) is 83.5 Å². The molecule has 2 aromatic rings. The molecular weight excluding hydrogens is 317 g/mol. The summed E-state index contributed by atoms with van der Waals surface area (Å²) < 4.78 is 40.5. The van der Waals surface area contributed by atoms with Crippen LogP contribution in [-0.4, -0.2) is 19.5 Å². The lowest BCUT2D eigenvalue weighted by Crippen LogP contribution is -2.15. The maximum Gasteiger partial charge on any atom is 0.345 e. The van der Waals surface area contributed by atoms with Crippen molar-refractivity contribution in [2.24, 2.45) is 0 Å². The number of aromatic carboxylic acids is 1. The number of hydrogen-bond acceptors (Lipinski definition) is 4. The first-order valence-electron chi connectivity index (χ1n) is 5.84. The summed E-state index contributed by atoms with van der Waals surface area (Å²) in [5, 5.41) is 8.90. The van der Waals surface area contributed by atoms with Gasteiger partial charge in [0.05, 0.1) is 5.69 Å². The zero-order chi connectivity index (χ0) is 15.8. The third-order valence-corrected chi connectivity index (χ3v) is 5.47. The van der Waals surface area contributed by atoms with Gasteiger partial charge in [0.1, 0.15) is 15.6 Å². The van der Waals surface area contributed by atoms with Gasteiger partial charge in [-0.25, -0.2) is 17.6 Å². The van der Waals surface area contributed by atoms with Crippen molar-refractivity contribution in [3.05, 3.63) is 45.4 Å². The summed E-state index contributed by atoms with van der Waals surface area (Å²) in [4.78, 5) is 11.0. The molecule has 0 saturated carbocycles. The highest BCUT2D eigenvalue weighted by atomic mass is 32.2. The molecule has 0 amide bonds. The van der Waals surface area contributed by atoms with Crippen molar-refractivity contribution in [2.45, 2.75) is 18.7 Å². The van der Waals surface area contributed by atoms with E-state index in [2.05, 4.69) is 4.72 Å².